The van der Waals surface area contributed by atoms with Crippen LogP contribution in [-0.4, -0.2) is 14.8 Å². The second-order valence-electron chi connectivity index (χ2n) is 4.92. The van der Waals surface area contributed by atoms with E-state index < -0.39 is 0 Å². The molecule has 2 heterocycles. The Morgan fingerprint density at radius 3 is 2.70 bits per heavy atom. The summed E-state index contributed by atoms with van der Waals surface area (Å²) >= 11 is 6.06. The molecule has 2 aromatic heterocycles. The van der Waals surface area contributed by atoms with E-state index in [1.54, 1.807) is 4.68 Å². The minimum Gasteiger partial charge on any atom is -0.383 e. The van der Waals surface area contributed by atoms with E-state index in [0.29, 0.717) is 17.4 Å². The molecule has 4 nitrogen and oxygen atoms in total. The van der Waals surface area contributed by atoms with Crippen LogP contribution < -0.4 is 5.73 Å². The van der Waals surface area contributed by atoms with Crippen molar-refractivity contribution in [2.24, 2.45) is 0 Å². The maximum absolute atomic E-state index is 6.06. The first-order valence-corrected chi connectivity index (χ1v) is 6.77. The van der Waals surface area contributed by atoms with Gasteiger partial charge >= 0.3 is 0 Å². The molecule has 3 aromatic rings. The number of anilines is 1. The highest BCUT2D eigenvalue weighted by Crippen LogP contribution is 2.23. The van der Waals surface area contributed by atoms with Gasteiger partial charge in [-0.15, -0.1) is 0 Å². The molecule has 0 spiro atoms. The van der Waals surface area contributed by atoms with E-state index in [4.69, 9.17) is 17.3 Å². The van der Waals surface area contributed by atoms with Gasteiger partial charge in [0.15, 0.2) is 0 Å². The number of benzene rings is 1. The van der Waals surface area contributed by atoms with Crippen molar-refractivity contribution in [3.8, 4) is 0 Å². The largest absolute Gasteiger partial charge is 0.383 e. The molecule has 5 heteroatoms. The SMILES string of the molecule is Cc1ccc2cc(Cn3nc(C)c(Cl)c3N)ccc2n1. The average molecular weight is 287 g/mol. The molecule has 0 radical (unpaired) electrons. The van der Waals surface area contributed by atoms with Crippen LogP contribution >= 0.6 is 11.6 Å². The van der Waals surface area contributed by atoms with E-state index in [1.165, 1.54) is 0 Å². The van der Waals surface area contributed by atoms with Crippen molar-refractivity contribution in [2.75, 3.05) is 5.73 Å². The number of aryl methyl sites for hydroxylation is 2. The first-order valence-electron chi connectivity index (χ1n) is 6.39. The smallest absolute Gasteiger partial charge is 0.141 e. The fourth-order valence-electron chi connectivity index (χ4n) is 2.25. The first-order chi connectivity index (χ1) is 9.54. The monoisotopic (exact) mass is 286 g/mol. The molecule has 0 aliphatic rings. The number of aromatic nitrogens is 3. The summed E-state index contributed by atoms with van der Waals surface area (Å²) in [7, 11) is 0. The van der Waals surface area contributed by atoms with E-state index in [1.807, 2.05) is 32.0 Å². The third-order valence-electron chi connectivity index (χ3n) is 3.32. The van der Waals surface area contributed by atoms with Crippen LogP contribution in [0.2, 0.25) is 5.02 Å². The maximum Gasteiger partial charge on any atom is 0.141 e. The summed E-state index contributed by atoms with van der Waals surface area (Å²) in [6.45, 7) is 4.44. The van der Waals surface area contributed by atoms with Crippen molar-refractivity contribution >= 4 is 28.3 Å². The predicted molar refractivity (Wildman–Crippen MR) is 82.0 cm³/mol. The van der Waals surface area contributed by atoms with Crippen molar-refractivity contribution in [3.05, 3.63) is 52.3 Å². The first kappa shape index (κ1) is 12.9. The fourth-order valence-corrected chi connectivity index (χ4v) is 2.38. The normalized spacial score (nSPS) is 11.2. The molecular weight excluding hydrogens is 272 g/mol. The Morgan fingerprint density at radius 1 is 1.20 bits per heavy atom. The summed E-state index contributed by atoms with van der Waals surface area (Å²) in [5.41, 5.74) is 9.83. The molecule has 1 aromatic carbocycles. The lowest BCUT2D eigenvalue weighted by Gasteiger charge is -2.06. The molecule has 2 N–H and O–H groups in total. The second kappa shape index (κ2) is 4.80. The summed E-state index contributed by atoms with van der Waals surface area (Å²) in [4.78, 5) is 4.49. The third-order valence-corrected chi connectivity index (χ3v) is 3.78. The van der Waals surface area contributed by atoms with Crippen LogP contribution in [0.1, 0.15) is 17.0 Å². The molecule has 0 atom stereocenters. The molecule has 0 saturated heterocycles. The molecule has 0 fully saturated rings. The van der Waals surface area contributed by atoms with Crippen LogP contribution in [0.3, 0.4) is 0 Å². The van der Waals surface area contributed by atoms with Crippen LogP contribution in [-0.2, 0) is 6.54 Å². The van der Waals surface area contributed by atoms with Gasteiger partial charge < -0.3 is 5.73 Å². The Morgan fingerprint density at radius 2 is 2.00 bits per heavy atom. The quantitative estimate of drug-likeness (QED) is 0.786. The Bertz CT molecular complexity index is 792. The zero-order chi connectivity index (χ0) is 14.3. The minimum atomic E-state index is 0.506. The topological polar surface area (TPSA) is 56.7 Å². The van der Waals surface area contributed by atoms with E-state index in [2.05, 4.69) is 22.2 Å². The molecule has 0 unspecified atom stereocenters. The van der Waals surface area contributed by atoms with Crippen molar-refractivity contribution < 1.29 is 0 Å². The van der Waals surface area contributed by atoms with Crippen molar-refractivity contribution in [3.63, 3.8) is 0 Å². The molecular formula is C15H15ClN4. The van der Waals surface area contributed by atoms with Crippen molar-refractivity contribution in [1.82, 2.24) is 14.8 Å². The fraction of sp³-hybridized carbons (Fsp3) is 0.200. The molecule has 0 saturated carbocycles. The lowest BCUT2D eigenvalue weighted by atomic mass is 10.1. The van der Waals surface area contributed by atoms with Gasteiger partial charge in [-0.2, -0.15) is 5.10 Å². The number of halogens is 1. The number of nitrogens with zero attached hydrogens (tertiary/aromatic N) is 3. The van der Waals surface area contributed by atoms with Gasteiger partial charge in [-0.25, -0.2) is 4.68 Å². The van der Waals surface area contributed by atoms with Crippen LogP contribution in [0.4, 0.5) is 5.82 Å². The zero-order valence-corrected chi connectivity index (χ0v) is 12.1. The summed E-state index contributed by atoms with van der Waals surface area (Å²) in [6, 6.07) is 10.2. The summed E-state index contributed by atoms with van der Waals surface area (Å²) in [5, 5.41) is 5.99. The summed E-state index contributed by atoms with van der Waals surface area (Å²) in [6.07, 6.45) is 0. The van der Waals surface area contributed by atoms with Crippen LogP contribution in [0.5, 0.6) is 0 Å². The Labute approximate surface area is 122 Å². The van der Waals surface area contributed by atoms with Crippen LogP contribution in [0.15, 0.2) is 30.3 Å². The molecule has 3 rings (SSSR count). The Kier molecular flexibility index (Phi) is 3.10. The highest BCUT2D eigenvalue weighted by molar-refractivity contribution is 6.33. The molecule has 0 aliphatic carbocycles. The number of fused-ring (bicyclic) bond motifs is 1. The molecule has 0 bridgehead atoms. The van der Waals surface area contributed by atoms with Gasteiger partial charge in [-0.1, -0.05) is 23.7 Å². The number of hydrogen-bond acceptors (Lipinski definition) is 3. The van der Waals surface area contributed by atoms with Gasteiger partial charge in [0.05, 0.1) is 17.8 Å². The molecule has 0 aliphatic heterocycles. The Balaban J connectivity index is 1.98. The van der Waals surface area contributed by atoms with Crippen molar-refractivity contribution in [2.45, 2.75) is 20.4 Å². The lowest BCUT2D eigenvalue weighted by molar-refractivity contribution is 0.690. The van der Waals surface area contributed by atoms with Crippen LogP contribution in [0.25, 0.3) is 10.9 Å². The number of rotatable bonds is 2. The number of nitrogen functional groups attached to an aromatic ring is 1. The van der Waals surface area contributed by atoms with E-state index >= 15 is 0 Å². The highest BCUT2D eigenvalue weighted by atomic mass is 35.5. The van der Waals surface area contributed by atoms with Gasteiger partial charge in [0.25, 0.3) is 0 Å². The number of pyridine rings is 1. The van der Waals surface area contributed by atoms with E-state index in [9.17, 15) is 0 Å². The van der Waals surface area contributed by atoms with Crippen LogP contribution in [0, 0.1) is 13.8 Å². The lowest BCUT2D eigenvalue weighted by Crippen LogP contribution is -2.06. The number of nitrogens with two attached hydrogens (primary N) is 1. The average Bonchev–Trinajstić information content (AvgIpc) is 2.66. The second-order valence-corrected chi connectivity index (χ2v) is 5.30. The summed E-state index contributed by atoms with van der Waals surface area (Å²) in [5.74, 6) is 0.506. The van der Waals surface area contributed by atoms with E-state index in [0.717, 1.165) is 27.9 Å². The zero-order valence-electron chi connectivity index (χ0n) is 11.4. The van der Waals surface area contributed by atoms with Gasteiger partial charge in [-0.05, 0) is 37.6 Å². The van der Waals surface area contributed by atoms with Crippen molar-refractivity contribution in [1.29, 1.82) is 0 Å². The third kappa shape index (κ3) is 2.23. The van der Waals surface area contributed by atoms with E-state index in [-0.39, 0.29) is 0 Å². The predicted octanol–water partition coefficient (Wildman–Crippen LogP) is 3.33. The summed E-state index contributed by atoms with van der Waals surface area (Å²) < 4.78 is 1.72. The Hall–Kier alpha value is -2.07. The highest BCUT2D eigenvalue weighted by Gasteiger charge is 2.10. The molecule has 0 amide bonds. The standard InChI is InChI=1S/C15H15ClN4/c1-9-3-5-12-7-11(4-6-13(12)18-9)8-20-15(17)14(16)10(2)19-20/h3-7H,8,17H2,1-2H3. The molecule has 20 heavy (non-hydrogen) atoms. The van der Waals surface area contributed by atoms with Gasteiger partial charge in [-0.3, -0.25) is 4.98 Å². The molecule has 102 valence electrons. The maximum atomic E-state index is 6.06. The minimum absolute atomic E-state index is 0.506. The number of hydrogen-bond donors (Lipinski definition) is 1. The van der Waals surface area contributed by atoms with Gasteiger partial charge in [0.1, 0.15) is 10.8 Å². The van der Waals surface area contributed by atoms with Gasteiger partial charge in [0, 0.05) is 11.1 Å². The van der Waals surface area contributed by atoms with Gasteiger partial charge in [0.2, 0.25) is 0 Å².